The van der Waals surface area contributed by atoms with Crippen molar-refractivity contribution in [2.24, 2.45) is 0 Å². The van der Waals surface area contributed by atoms with Gasteiger partial charge in [-0.05, 0) is 56.1 Å². The third kappa shape index (κ3) is 6.52. The number of hydrogen-bond acceptors (Lipinski definition) is 6. The summed E-state index contributed by atoms with van der Waals surface area (Å²) >= 11 is 1.24. The summed E-state index contributed by atoms with van der Waals surface area (Å²) in [6.45, 7) is 1.14. The standard InChI is InChI=1S/C26H27FN4O3S2.ClH/c1-29(2)16-17-31(26-28-24-22(27)10-7-11-23(24)35-26)25(32)20-12-14-21(15-13-20)36(33,34)30(3)18-19-8-5-4-6-9-19;/h4-15H,16-18H2,1-3H3;1H. The molecule has 0 radical (unpaired) electrons. The minimum Gasteiger partial charge on any atom is -0.308 e. The molecular formula is C26H28ClFN4O3S2. The number of likely N-dealkylation sites (N-methyl/N-ethyl adjacent to an activating group) is 1. The highest BCUT2D eigenvalue weighted by Crippen LogP contribution is 2.31. The van der Waals surface area contributed by atoms with Crippen LogP contribution in [-0.4, -0.2) is 62.7 Å². The summed E-state index contributed by atoms with van der Waals surface area (Å²) in [4.78, 5) is 21.4. The monoisotopic (exact) mass is 562 g/mol. The maximum absolute atomic E-state index is 14.2. The topological polar surface area (TPSA) is 73.8 Å². The van der Waals surface area contributed by atoms with Gasteiger partial charge in [0.15, 0.2) is 5.13 Å². The van der Waals surface area contributed by atoms with Gasteiger partial charge in [-0.1, -0.05) is 47.7 Å². The minimum absolute atomic E-state index is 0. The van der Waals surface area contributed by atoms with Crippen LogP contribution in [0.1, 0.15) is 15.9 Å². The Hall–Kier alpha value is -2.89. The molecule has 11 heteroatoms. The molecule has 0 bridgehead atoms. The molecule has 1 heterocycles. The summed E-state index contributed by atoms with van der Waals surface area (Å²) in [5.41, 5.74) is 1.42. The summed E-state index contributed by atoms with van der Waals surface area (Å²) < 4.78 is 42.3. The van der Waals surface area contributed by atoms with Crippen molar-refractivity contribution in [1.29, 1.82) is 0 Å². The Labute approximate surface area is 226 Å². The predicted octanol–water partition coefficient (Wildman–Crippen LogP) is 4.89. The van der Waals surface area contributed by atoms with Crippen LogP contribution >= 0.6 is 23.7 Å². The number of fused-ring (bicyclic) bond motifs is 1. The average Bonchev–Trinajstić information content (AvgIpc) is 3.30. The fourth-order valence-corrected chi connectivity index (χ4v) is 5.80. The number of nitrogens with zero attached hydrogens (tertiary/aromatic N) is 4. The number of thiazole rings is 1. The van der Waals surface area contributed by atoms with E-state index in [2.05, 4.69) is 4.98 Å². The van der Waals surface area contributed by atoms with Gasteiger partial charge in [-0.25, -0.2) is 17.8 Å². The SMILES string of the molecule is CN(C)CCN(C(=O)c1ccc(S(=O)(=O)N(C)Cc2ccccc2)cc1)c1nc2c(F)cccc2s1.Cl. The second-order valence-corrected chi connectivity index (χ2v) is 11.7. The summed E-state index contributed by atoms with van der Waals surface area (Å²) in [5, 5.41) is 0.390. The van der Waals surface area contributed by atoms with Crippen LogP contribution < -0.4 is 4.90 Å². The van der Waals surface area contributed by atoms with Crippen molar-refractivity contribution < 1.29 is 17.6 Å². The molecule has 0 aliphatic heterocycles. The number of amides is 1. The number of sulfonamides is 1. The first kappa shape index (κ1) is 28.7. The lowest BCUT2D eigenvalue weighted by atomic mass is 10.2. The summed E-state index contributed by atoms with van der Waals surface area (Å²) in [6, 6.07) is 19.9. The molecule has 196 valence electrons. The average molecular weight is 563 g/mol. The lowest BCUT2D eigenvalue weighted by molar-refractivity contribution is 0.0985. The van der Waals surface area contributed by atoms with Crippen LogP contribution in [0.15, 0.2) is 77.7 Å². The second kappa shape index (κ2) is 12.1. The van der Waals surface area contributed by atoms with E-state index in [4.69, 9.17) is 0 Å². The van der Waals surface area contributed by atoms with E-state index in [-0.39, 0.29) is 35.3 Å². The van der Waals surface area contributed by atoms with Crippen molar-refractivity contribution in [3.8, 4) is 0 Å². The molecule has 0 aliphatic rings. The van der Waals surface area contributed by atoms with Crippen LogP contribution in [0.3, 0.4) is 0 Å². The second-order valence-electron chi connectivity index (χ2n) is 8.61. The molecular weight excluding hydrogens is 535 g/mol. The van der Waals surface area contributed by atoms with E-state index in [0.29, 0.717) is 28.5 Å². The highest BCUT2D eigenvalue weighted by molar-refractivity contribution is 7.89. The van der Waals surface area contributed by atoms with Crippen molar-refractivity contribution in [3.05, 3.63) is 89.7 Å². The number of benzene rings is 3. The number of hydrogen-bond donors (Lipinski definition) is 0. The molecule has 1 amide bonds. The Balaban J connectivity index is 0.00000380. The summed E-state index contributed by atoms with van der Waals surface area (Å²) in [5.74, 6) is -0.776. The van der Waals surface area contributed by atoms with Gasteiger partial charge in [0.05, 0.1) is 9.60 Å². The van der Waals surface area contributed by atoms with Crippen LogP contribution in [0.4, 0.5) is 9.52 Å². The van der Waals surface area contributed by atoms with E-state index in [9.17, 15) is 17.6 Å². The minimum atomic E-state index is -3.75. The van der Waals surface area contributed by atoms with Gasteiger partial charge < -0.3 is 4.90 Å². The number of rotatable bonds is 9. The van der Waals surface area contributed by atoms with Gasteiger partial charge in [0.2, 0.25) is 10.0 Å². The first-order valence-corrected chi connectivity index (χ1v) is 13.5. The number of aromatic nitrogens is 1. The summed E-state index contributed by atoms with van der Waals surface area (Å²) in [7, 11) is 1.57. The van der Waals surface area contributed by atoms with Gasteiger partial charge >= 0.3 is 0 Å². The first-order chi connectivity index (χ1) is 17.2. The van der Waals surface area contributed by atoms with Crippen LogP contribution in [0.5, 0.6) is 0 Å². The Kier molecular flexibility index (Phi) is 9.38. The summed E-state index contributed by atoms with van der Waals surface area (Å²) in [6.07, 6.45) is 0. The third-order valence-electron chi connectivity index (χ3n) is 5.66. The van der Waals surface area contributed by atoms with Crippen LogP contribution in [0.25, 0.3) is 10.2 Å². The highest BCUT2D eigenvalue weighted by atomic mass is 35.5. The fraction of sp³-hybridized carbons (Fsp3) is 0.231. The van der Waals surface area contributed by atoms with E-state index in [1.54, 1.807) is 12.1 Å². The molecule has 4 rings (SSSR count). The first-order valence-electron chi connectivity index (χ1n) is 11.3. The van der Waals surface area contributed by atoms with Gasteiger partial charge in [-0.2, -0.15) is 4.31 Å². The van der Waals surface area contributed by atoms with E-state index in [1.165, 1.54) is 57.9 Å². The Morgan fingerprint density at radius 1 is 0.919 bits per heavy atom. The van der Waals surface area contributed by atoms with E-state index >= 15 is 0 Å². The van der Waals surface area contributed by atoms with Crippen molar-refractivity contribution in [2.45, 2.75) is 11.4 Å². The number of carbonyl (C=O) groups is 1. The molecule has 1 aromatic heterocycles. The molecule has 0 aliphatic carbocycles. The Bertz CT molecular complexity index is 1460. The van der Waals surface area contributed by atoms with Crippen LogP contribution in [0.2, 0.25) is 0 Å². The zero-order valence-electron chi connectivity index (χ0n) is 20.7. The number of para-hydroxylation sites is 1. The molecule has 0 N–H and O–H groups in total. The molecule has 0 fully saturated rings. The van der Waals surface area contributed by atoms with Gasteiger partial charge in [0.25, 0.3) is 5.91 Å². The molecule has 0 atom stereocenters. The van der Waals surface area contributed by atoms with Gasteiger partial charge in [0.1, 0.15) is 11.3 Å². The molecule has 3 aromatic carbocycles. The van der Waals surface area contributed by atoms with Crippen LogP contribution in [-0.2, 0) is 16.6 Å². The maximum Gasteiger partial charge on any atom is 0.260 e. The van der Waals surface area contributed by atoms with E-state index < -0.39 is 15.8 Å². The lowest BCUT2D eigenvalue weighted by Gasteiger charge is -2.22. The number of carbonyl (C=O) groups excluding carboxylic acids is 1. The lowest BCUT2D eigenvalue weighted by Crippen LogP contribution is -2.36. The number of anilines is 1. The molecule has 7 nitrogen and oxygen atoms in total. The fourth-order valence-electron chi connectivity index (χ4n) is 3.63. The van der Waals surface area contributed by atoms with Crippen LogP contribution in [0, 0.1) is 5.82 Å². The largest absolute Gasteiger partial charge is 0.308 e. The highest BCUT2D eigenvalue weighted by Gasteiger charge is 2.25. The Morgan fingerprint density at radius 2 is 1.59 bits per heavy atom. The van der Waals surface area contributed by atoms with Gasteiger partial charge in [0, 0.05) is 32.2 Å². The molecule has 0 saturated heterocycles. The van der Waals surface area contributed by atoms with Crippen molar-refractivity contribution in [1.82, 2.24) is 14.2 Å². The van der Waals surface area contributed by atoms with E-state index in [0.717, 1.165) is 5.56 Å². The zero-order valence-corrected chi connectivity index (χ0v) is 23.1. The molecule has 0 saturated carbocycles. The van der Waals surface area contributed by atoms with Gasteiger partial charge in [-0.3, -0.25) is 9.69 Å². The van der Waals surface area contributed by atoms with Crippen molar-refractivity contribution in [2.75, 3.05) is 39.1 Å². The molecule has 37 heavy (non-hydrogen) atoms. The zero-order chi connectivity index (χ0) is 25.9. The van der Waals surface area contributed by atoms with Crippen molar-refractivity contribution >= 4 is 55.0 Å². The van der Waals surface area contributed by atoms with Gasteiger partial charge in [-0.15, -0.1) is 12.4 Å². The smallest absolute Gasteiger partial charge is 0.260 e. The third-order valence-corrected chi connectivity index (χ3v) is 8.52. The quantitative estimate of drug-likeness (QED) is 0.290. The maximum atomic E-state index is 14.2. The number of halogens is 2. The molecule has 4 aromatic rings. The predicted molar refractivity (Wildman–Crippen MR) is 149 cm³/mol. The van der Waals surface area contributed by atoms with E-state index in [1.807, 2.05) is 49.3 Å². The molecule has 0 spiro atoms. The Morgan fingerprint density at radius 3 is 2.22 bits per heavy atom. The van der Waals surface area contributed by atoms with Crippen molar-refractivity contribution in [3.63, 3.8) is 0 Å². The normalized spacial score (nSPS) is 11.6. The molecule has 0 unspecified atom stereocenters.